The van der Waals surface area contributed by atoms with E-state index in [1.54, 1.807) is 0 Å². The van der Waals surface area contributed by atoms with E-state index in [-0.39, 0.29) is 17.8 Å². The van der Waals surface area contributed by atoms with Gasteiger partial charge in [-0.05, 0) is 24.3 Å². The van der Waals surface area contributed by atoms with E-state index >= 15 is 0 Å². The molecule has 4 heterocycles. The van der Waals surface area contributed by atoms with Gasteiger partial charge in [0.2, 0.25) is 0 Å². The maximum absolute atomic E-state index is 12.7. The highest BCUT2D eigenvalue weighted by Gasteiger charge is 2.24. The third-order valence-electron chi connectivity index (χ3n) is 5.05. The molecule has 6 rings (SSSR count). The third kappa shape index (κ3) is 2.80. The van der Waals surface area contributed by atoms with Crippen LogP contribution in [0.2, 0.25) is 0 Å². The summed E-state index contributed by atoms with van der Waals surface area (Å²) >= 11 is 0. The molecule has 142 valence electrons. The van der Waals surface area contributed by atoms with Gasteiger partial charge in [-0.1, -0.05) is 0 Å². The van der Waals surface area contributed by atoms with E-state index in [0.29, 0.717) is 46.8 Å². The Labute approximate surface area is 158 Å². The van der Waals surface area contributed by atoms with E-state index in [1.165, 1.54) is 0 Å². The second-order valence-corrected chi connectivity index (χ2v) is 7.16. The number of rotatable bonds is 6. The fraction of sp³-hybridized carbons (Fsp3) is 0.286. The van der Waals surface area contributed by atoms with E-state index in [1.807, 2.05) is 36.4 Å². The molecule has 0 aliphatic carbocycles. The van der Waals surface area contributed by atoms with Crippen molar-refractivity contribution in [2.24, 2.45) is 0 Å². The highest BCUT2D eigenvalue weighted by Crippen LogP contribution is 2.34. The van der Waals surface area contributed by atoms with Crippen LogP contribution in [0.15, 0.2) is 45.6 Å². The van der Waals surface area contributed by atoms with Crippen molar-refractivity contribution in [2.45, 2.75) is 12.2 Å². The molecule has 2 atom stereocenters. The maximum atomic E-state index is 12.7. The van der Waals surface area contributed by atoms with Crippen molar-refractivity contribution in [2.75, 3.05) is 26.4 Å². The van der Waals surface area contributed by atoms with Crippen molar-refractivity contribution in [1.29, 1.82) is 0 Å². The Hall–Kier alpha value is -3.03. The second kappa shape index (κ2) is 5.98. The minimum Gasteiger partial charge on any atom is -0.491 e. The normalized spacial score (nSPS) is 20.7. The van der Waals surface area contributed by atoms with Crippen molar-refractivity contribution in [3.63, 3.8) is 0 Å². The topological polar surface area (TPSA) is 89.5 Å². The molecule has 28 heavy (non-hydrogen) atoms. The lowest BCUT2D eigenvalue weighted by Crippen LogP contribution is -2.07. The van der Waals surface area contributed by atoms with Crippen molar-refractivity contribution in [3.05, 3.63) is 46.8 Å². The molecular weight excluding hydrogens is 362 g/mol. The van der Waals surface area contributed by atoms with Crippen LogP contribution < -0.4 is 15.0 Å². The van der Waals surface area contributed by atoms with Crippen LogP contribution in [0.3, 0.4) is 0 Å². The molecule has 7 heteroatoms. The molecule has 2 aliphatic heterocycles. The Balaban J connectivity index is 1.43. The van der Waals surface area contributed by atoms with Crippen LogP contribution in [0.25, 0.3) is 32.8 Å². The molecule has 2 aromatic heterocycles. The summed E-state index contributed by atoms with van der Waals surface area (Å²) in [4.78, 5) is 15.7. The molecule has 0 saturated carbocycles. The average Bonchev–Trinajstić information content (AvgIpc) is 3.62. The van der Waals surface area contributed by atoms with Gasteiger partial charge in [0.05, 0.1) is 24.1 Å². The Morgan fingerprint density at radius 3 is 2.25 bits per heavy atom. The van der Waals surface area contributed by atoms with Crippen molar-refractivity contribution in [3.8, 4) is 11.5 Å². The lowest BCUT2D eigenvalue weighted by atomic mass is 10.1. The number of aromatic amines is 1. The zero-order chi connectivity index (χ0) is 18.7. The molecule has 4 aromatic rings. The summed E-state index contributed by atoms with van der Waals surface area (Å²) < 4.78 is 27.8. The fourth-order valence-electron chi connectivity index (χ4n) is 3.39. The predicted octanol–water partition coefficient (Wildman–Crippen LogP) is 2.98. The minimum absolute atomic E-state index is 0.176. The minimum atomic E-state index is -0.191. The van der Waals surface area contributed by atoms with Gasteiger partial charge in [-0.3, -0.25) is 4.79 Å². The van der Waals surface area contributed by atoms with Gasteiger partial charge in [0.1, 0.15) is 48.1 Å². The van der Waals surface area contributed by atoms with Crippen LogP contribution in [-0.2, 0) is 9.47 Å². The second-order valence-electron chi connectivity index (χ2n) is 7.16. The predicted molar refractivity (Wildman–Crippen MR) is 102 cm³/mol. The van der Waals surface area contributed by atoms with E-state index < -0.39 is 0 Å². The largest absolute Gasteiger partial charge is 0.491 e. The first-order chi connectivity index (χ1) is 13.7. The zero-order valence-electron chi connectivity index (χ0n) is 14.9. The van der Waals surface area contributed by atoms with Crippen LogP contribution in [-0.4, -0.2) is 43.6 Å². The van der Waals surface area contributed by atoms with Gasteiger partial charge in [-0.2, -0.15) is 0 Å². The number of hydrogen-bond donors (Lipinski definition) is 1. The van der Waals surface area contributed by atoms with Gasteiger partial charge in [0.15, 0.2) is 0 Å². The average molecular weight is 379 g/mol. The van der Waals surface area contributed by atoms with Gasteiger partial charge in [-0.25, -0.2) is 0 Å². The van der Waals surface area contributed by atoms with Gasteiger partial charge in [-0.15, -0.1) is 0 Å². The van der Waals surface area contributed by atoms with E-state index in [2.05, 4.69) is 4.98 Å². The number of ether oxygens (including phenoxy) is 4. The Bertz CT molecular complexity index is 1260. The van der Waals surface area contributed by atoms with Gasteiger partial charge >= 0.3 is 0 Å². The number of nitrogens with one attached hydrogen (secondary N) is 1. The standard InChI is InChI=1S/C21H17NO6/c23-21-19-16-4-2-12(25-8-14-10-27-14)6-18(16)28-20(19)15-3-1-11(5-17(15)22-21)24-7-13-9-26-13/h1-6,13-14H,7-10H2,(H,22,23). The van der Waals surface area contributed by atoms with Crippen LogP contribution >= 0.6 is 0 Å². The molecule has 0 amide bonds. The molecule has 7 nitrogen and oxygen atoms in total. The maximum Gasteiger partial charge on any atom is 0.260 e. The van der Waals surface area contributed by atoms with E-state index in [4.69, 9.17) is 23.4 Å². The highest BCUT2D eigenvalue weighted by molar-refractivity contribution is 6.13. The lowest BCUT2D eigenvalue weighted by molar-refractivity contribution is 0.263. The molecule has 0 bridgehead atoms. The van der Waals surface area contributed by atoms with Crippen molar-refractivity contribution in [1.82, 2.24) is 4.98 Å². The van der Waals surface area contributed by atoms with E-state index in [0.717, 1.165) is 24.0 Å². The number of epoxide rings is 2. The van der Waals surface area contributed by atoms with Crippen LogP contribution in [0.5, 0.6) is 11.5 Å². The Kier molecular flexibility index (Phi) is 3.41. The van der Waals surface area contributed by atoms with E-state index in [9.17, 15) is 4.79 Å². The first kappa shape index (κ1) is 16.0. The first-order valence-electron chi connectivity index (χ1n) is 9.26. The first-order valence-corrected chi connectivity index (χ1v) is 9.26. The molecular formula is C21H17NO6. The Morgan fingerprint density at radius 1 is 0.929 bits per heavy atom. The van der Waals surface area contributed by atoms with Crippen LogP contribution in [0.1, 0.15) is 0 Å². The zero-order valence-corrected chi connectivity index (χ0v) is 14.9. The summed E-state index contributed by atoms with van der Waals surface area (Å²) in [5.74, 6) is 1.38. The molecule has 2 unspecified atom stereocenters. The summed E-state index contributed by atoms with van der Waals surface area (Å²) in [5, 5.41) is 2.13. The van der Waals surface area contributed by atoms with Gasteiger partial charge in [0.25, 0.3) is 5.56 Å². The Morgan fingerprint density at radius 2 is 1.57 bits per heavy atom. The monoisotopic (exact) mass is 379 g/mol. The quantitative estimate of drug-likeness (QED) is 0.518. The van der Waals surface area contributed by atoms with Crippen molar-refractivity contribution < 1.29 is 23.4 Å². The summed E-state index contributed by atoms with van der Waals surface area (Å²) in [5.41, 5.74) is 1.67. The summed E-state index contributed by atoms with van der Waals surface area (Å²) in [6, 6.07) is 11.1. The number of H-pyrrole nitrogens is 1. The number of fused-ring (bicyclic) bond motifs is 5. The number of benzene rings is 2. The smallest absolute Gasteiger partial charge is 0.260 e. The SMILES string of the molecule is O=c1[nH]c2cc(OCC3CO3)ccc2c2oc3cc(OCC4CO4)ccc3c12. The molecule has 2 aromatic carbocycles. The summed E-state index contributed by atoms with van der Waals surface area (Å²) in [6.07, 6.45) is 0.358. The third-order valence-corrected chi connectivity index (χ3v) is 5.05. The van der Waals surface area contributed by atoms with Gasteiger partial charge < -0.3 is 28.3 Å². The molecule has 1 N–H and O–H groups in total. The molecule has 0 spiro atoms. The van der Waals surface area contributed by atoms with Crippen LogP contribution in [0, 0.1) is 0 Å². The van der Waals surface area contributed by atoms with Gasteiger partial charge in [0, 0.05) is 22.9 Å². The molecule has 2 saturated heterocycles. The number of pyridine rings is 1. The number of aromatic nitrogens is 1. The lowest BCUT2D eigenvalue weighted by Gasteiger charge is -2.05. The number of hydrogen-bond acceptors (Lipinski definition) is 6. The molecule has 2 fully saturated rings. The van der Waals surface area contributed by atoms with Crippen LogP contribution in [0.4, 0.5) is 0 Å². The number of furan rings is 1. The van der Waals surface area contributed by atoms with Crippen molar-refractivity contribution >= 4 is 32.8 Å². The molecule has 0 radical (unpaired) electrons. The summed E-state index contributed by atoms with van der Waals surface area (Å²) in [7, 11) is 0. The highest BCUT2D eigenvalue weighted by atomic mass is 16.6. The molecule has 2 aliphatic rings. The fourth-order valence-corrected chi connectivity index (χ4v) is 3.39. The summed E-state index contributed by atoms with van der Waals surface area (Å²) in [6.45, 7) is 2.51.